The van der Waals surface area contributed by atoms with E-state index in [-0.39, 0.29) is 17.5 Å². The van der Waals surface area contributed by atoms with Gasteiger partial charge in [0.25, 0.3) is 0 Å². The van der Waals surface area contributed by atoms with Crippen LogP contribution in [0.2, 0.25) is 0 Å². The Balaban J connectivity index is 1.96. The van der Waals surface area contributed by atoms with Crippen LogP contribution in [0.5, 0.6) is 0 Å². The molecular formula is C10H13N3O2S. The number of nitrogens with two attached hydrogens (primary N) is 1. The van der Waals surface area contributed by atoms with Gasteiger partial charge in [-0.15, -0.1) is 10.2 Å². The Hall–Kier alpha value is -1.17. The highest BCUT2D eigenvalue weighted by molar-refractivity contribution is 7.15. The van der Waals surface area contributed by atoms with E-state index in [1.54, 1.807) is 0 Å². The molecule has 1 aromatic heterocycles. The Labute approximate surface area is 97.0 Å². The Morgan fingerprint density at radius 3 is 2.75 bits per heavy atom. The van der Waals surface area contributed by atoms with Gasteiger partial charge in [0.15, 0.2) is 0 Å². The largest absolute Gasteiger partial charge is 0.458 e. The molecule has 1 aliphatic heterocycles. The molecule has 1 spiro atoms. The monoisotopic (exact) mass is 239 g/mol. The summed E-state index contributed by atoms with van der Waals surface area (Å²) in [6.07, 6.45) is 4.57. The van der Waals surface area contributed by atoms with E-state index in [9.17, 15) is 4.79 Å². The van der Waals surface area contributed by atoms with E-state index in [4.69, 9.17) is 10.5 Å². The fourth-order valence-electron chi connectivity index (χ4n) is 2.82. The number of ether oxygens (including phenoxy) is 1. The molecule has 1 aliphatic carbocycles. The first-order valence-electron chi connectivity index (χ1n) is 5.50. The van der Waals surface area contributed by atoms with Crippen molar-refractivity contribution in [3.05, 3.63) is 5.01 Å². The van der Waals surface area contributed by atoms with Crippen LogP contribution in [0.3, 0.4) is 0 Å². The van der Waals surface area contributed by atoms with E-state index < -0.39 is 0 Å². The van der Waals surface area contributed by atoms with Crippen LogP contribution < -0.4 is 5.73 Å². The molecule has 0 amide bonds. The second-order valence-electron chi connectivity index (χ2n) is 4.48. The van der Waals surface area contributed by atoms with Crippen molar-refractivity contribution in [1.29, 1.82) is 0 Å². The summed E-state index contributed by atoms with van der Waals surface area (Å²) < 4.78 is 5.55. The minimum absolute atomic E-state index is 0.0669. The third-order valence-corrected chi connectivity index (χ3v) is 4.39. The summed E-state index contributed by atoms with van der Waals surface area (Å²) in [5.74, 6) is -0.0435. The molecule has 86 valence electrons. The topological polar surface area (TPSA) is 78.1 Å². The molecule has 0 bridgehead atoms. The first-order chi connectivity index (χ1) is 7.70. The van der Waals surface area contributed by atoms with Crippen LogP contribution in [0.4, 0.5) is 5.13 Å². The van der Waals surface area contributed by atoms with E-state index >= 15 is 0 Å². The van der Waals surface area contributed by atoms with Gasteiger partial charge in [0, 0.05) is 0 Å². The molecule has 3 rings (SSSR count). The molecule has 2 fully saturated rings. The highest BCUT2D eigenvalue weighted by Crippen LogP contribution is 2.50. The summed E-state index contributed by atoms with van der Waals surface area (Å²) >= 11 is 1.37. The quantitative estimate of drug-likeness (QED) is 0.751. The minimum Gasteiger partial charge on any atom is -0.458 e. The molecule has 1 atom stereocenters. The zero-order valence-electron chi connectivity index (χ0n) is 8.81. The standard InChI is InChI=1S/C10H13N3O2S/c11-9-13-12-8(16-9)6-5-7(14)15-10(6)3-1-2-4-10/h6H,1-5H2,(H2,11,13). The number of rotatable bonds is 1. The Kier molecular flexibility index (Phi) is 2.14. The van der Waals surface area contributed by atoms with Crippen LogP contribution in [-0.4, -0.2) is 21.8 Å². The summed E-state index contributed by atoms with van der Waals surface area (Å²) in [4.78, 5) is 11.5. The lowest BCUT2D eigenvalue weighted by Crippen LogP contribution is -2.30. The SMILES string of the molecule is Nc1nnc(C2CC(=O)OC23CCCC3)s1. The predicted molar refractivity (Wildman–Crippen MR) is 59.0 cm³/mol. The third-order valence-electron chi connectivity index (χ3n) is 3.53. The number of carbonyl (C=O) groups excluding carboxylic acids is 1. The Morgan fingerprint density at radius 1 is 1.38 bits per heavy atom. The van der Waals surface area contributed by atoms with Gasteiger partial charge >= 0.3 is 5.97 Å². The molecule has 1 unspecified atom stereocenters. The molecular weight excluding hydrogens is 226 g/mol. The van der Waals surface area contributed by atoms with Crippen LogP contribution in [-0.2, 0) is 9.53 Å². The van der Waals surface area contributed by atoms with Crippen molar-refractivity contribution in [3.8, 4) is 0 Å². The lowest BCUT2D eigenvalue weighted by atomic mass is 9.86. The Morgan fingerprint density at radius 2 is 2.12 bits per heavy atom. The summed E-state index contributed by atoms with van der Waals surface area (Å²) in [6, 6.07) is 0. The number of hydrogen-bond donors (Lipinski definition) is 1. The first-order valence-corrected chi connectivity index (χ1v) is 6.32. The third kappa shape index (κ3) is 1.40. The molecule has 1 saturated heterocycles. The Bertz CT molecular complexity index is 425. The fraction of sp³-hybridized carbons (Fsp3) is 0.700. The van der Waals surface area contributed by atoms with Gasteiger partial charge in [-0.1, -0.05) is 11.3 Å². The van der Waals surface area contributed by atoms with E-state index in [2.05, 4.69) is 10.2 Å². The number of aromatic nitrogens is 2. The van der Waals surface area contributed by atoms with Gasteiger partial charge in [-0.3, -0.25) is 4.79 Å². The smallest absolute Gasteiger partial charge is 0.307 e. The molecule has 0 aromatic carbocycles. The maximum atomic E-state index is 11.5. The zero-order valence-corrected chi connectivity index (χ0v) is 9.63. The van der Waals surface area contributed by atoms with Crippen LogP contribution in [0.25, 0.3) is 0 Å². The van der Waals surface area contributed by atoms with E-state index in [0.717, 1.165) is 30.7 Å². The van der Waals surface area contributed by atoms with Gasteiger partial charge in [-0.2, -0.15) is 0 Å². The number of nitrogens with zero attached hydrogens (tertiary/aromatic N) is 2. The molecule has 0 radical (unpaired) electrons. The van der Waals surface area contributed by atoms with Crippen molar-refractivity contribution in [2.24, 2.45) is 0 Å². The molecule has 2 aliphatic rings. The number of esters is 1. The highest BCUT2D eigenvalue weighted by Gasteiger charge is 2.52. The van der Waals surface area contributed by atoms with Crippen LogP contribution in [0.1, 0.15) is 43.0 Å². The molecule has 5 nitrogen and oxygen atoms in total. The summed E-state index contributed by atoms with van der Waals surface area (Å²) in [6.45, 7) is 0. The van der Waals surface area contributed by atoms with E-state index in [1.807, 2.05) is 0 Å². The van der Waals surface area contributed by atoms with Crippen molar-refractivity contribution in [2.75, 3.05) is 5.73 Å². The molecule has 1 saturated carbocycles. The number of nitrogen functional groups attached to an aromatic ring is 1. The van der Waals surface area contributed by atoms with Crippen molar-refractivity contribution < 1.29 is 9.53 Å². The molecule has 6 heteroatoms. The molecule has 2 N–H and O–H groups in total. The lowest BCUT2D eigenvalue weighted by molar-refractivity contribution is -0.148. The molecule has 1 aromatic rings. The number of hydrogen-bond acceptors (Lipinski definition) is 6. The van der Waals surface area contributed by atoms with Crippen LogP contribution in [0.15, 0.2) is 0 Å². The summed E-state index contributed by atoms with van der Waals surface area (Å²) in [5.41, 5.74) is 5.28. The van der Waals surface area contributed by atoms with Crippen molar-refractivity contribution in [2.45, 2.75) is 43.6 Å². The average Bonchev–Trinajstić information content (AvgIpc) is 2.90. The van der Waals surface area contributed by atoms with Gasteiger partial charge in [-0.05, 0) is 25.7 Å². The van der Waals surface area contributed by atoms with Crippen molar-refractivity contribution in [3.63, 3.8) is 0 Å². The second-order valence-corrected chi connectivity index (χ2v) is 5.52. The van der Waals surface area contributed by atoms with Gasteiger partial charge in [-0.25, -0.2) is 0 Å². The van der Waals surface area contributed by atoms with Gasteiger partial charge in [0.1, 0.15) is 10.6 Å². The second kappa shape index (κ2) is 3.41. The maximum Gasteiger partial charge on any atom is 0.307 e. The normalized spacial score (nSPS) is 27.5. The maximum absolute atomic E-state index is 11.5. The van der Waals surface area contributed by atoms with Crippen molar-refractivity contribution in [1.82, 2.24) is 10.2 Å². The van der Waals surface area contributed by atoms with E-state index in [1.165, 1.54) is 11.3 Å². The predicted octanol–water partition coefficient (Wildman–Crippen LogP) is 1.46. The van der Waals surface area contributed by atoms with Gasteiger partial charge in [0.05, 0.1) is 12.3 Å². The van der Waals surface area contributed by atoms with Crippen LogP contribution in [0, 0.1) is 0 Å². The van der Waals surface area contributed by atoms with Crippen molar-refractivity contribution >= 4 is 22.4 Å². The fourth-order valence-corrected chi connectivity index (χ4v) is 3.63. The first kappa shape index (κ1) is 10.0. The number of carbonyl (C=O) groups is 1. The molecule has 2 heterocycles. The van der Waals surface area contributed by atoms with Gasteiger partial charge < -0.3 is 10.5 Å². The van der Waals surface area contributed by atoms with E-state index in [0.29, 0.717) is 11.6 Å². The van der Waals surface area contributed by atoms with Crippen LogP contribution >= 0.6 is 11.3 Å². The highest BCUT2D eigenvalue weighted by atomic mass is 32.1. The molecule has 16 heavy (non-hydrogen) atoms. The van der Waals surface area contributed by atoms with Gasteiger partial charge in [0.2, 0.25) is 5.13 Å². The average molecular weight is 239 g/mol. The summed E-state index contributed by atoms with van der Waals surface area (Å²) in [7, 11) is 0. The zero-order chi connectivity index (χ0) is 11.2. The minimum atomic E-state index is -0.303. The lowest BCUT2D eigenvalue weighted by Gasteiger charge is -2.26. The number of anilines is 1. The summed E-state index contributed by atoms with van der Waals surface area (Å²) in [5, 5.41) is 9.20.